The van der Waals surface area contributed by atoms with Crippen molar-refractivity contribution >= 4 is 11.6 Å². The van der Waals surface area contributed by atoms with E-state index in [-0.39, 0.29) is 12.0 Å². The Morgan fingerprint density at radius 2 is 2.06 bits per heavy atom. The normalized spacial score (nSPS) is 16.6. The van der Waals surface area contributed by atoms with Crippen LogP contribution in [-0.4, -0.2) is 17.3 Å². The average molecular weight is 243 g/mol. The van der Waals surface area contributed by atoms with Crippen molar-refractivity contribution in [2.75, 3.05) is 0 Å². The van der Waals surface area contributed by atoms with E-state index >= 15 is 0 Å². The third-order valence-corrected chi connectivity index (χ3v) is 3.06. The third-order valence-electron chi connectivity index (χ3n) is 2.83. The largest absolute Gasteiger partial charge is 0.488 e. The van der Waals surface area contributed by atoms with E-state index in [0.29, 0.717) is 10.8 Å². The van der Waals surface area contributed by atoms with E-state index in [4.69, 9.17) is 16.3 Å². The van der Waals surface area contributed by atoms with E-state index < -0.39 is 6.10 Å². The standard InChI is InChI=1S/C13H19ClO2/c1-4-9(2)13(15)10(3)16-12-7-5-6-11(14)8-12/h5-10,13,15H,4H2,1-3H3. The predicted octanol–water partition coefficient (Wildman–Crippen LogP) is 3.51. The summed E-state index contributed by atoms with van der Waals surface area (Å²) in [6, 6.07) is 7.22. The predicted molar refractivity (Wildman–Crippen MR) is 67.0 cm³/mol. The Labute approximate surface area is 102 Å². The van der Waals surface area contributed by atoms with Crippen LogP contribution in [0.15, 0.2) is 24.3 Å². The van der Waals surface area contributed by atoms with Crippen molar-refractivity contribution in [3.63, 3.8) is 0 Å². The molecule has 1 rings (SSSR count). The summed E-state index contributed by atoms with van der Waals surface area (Å²) in [4.78, 5) is 0. The second-order valence-electron chi connectivity index (χ2n) is 4.16. The highest BCUT2D eigenvalue weighted by Crippen LogP contribution is 2.21. The molecule has 3 atom stereocenters. The first-order valence-electron chi connectivity index (χ1n) is 5.65. The Kier molecular flexibility index (Phi) is 5.10. The van der Waals surface area contributed by atoms with Crippen LogP contribution in [0.4, 0.5) is 0 Å². The van der Waals surface area contributed by atoms with E-state index in [1.807, 2.05) is 26.0 Å². The molecule has 90 valence electrons. The third kappa shape index (κ3) is 3.69. The summed E-state index contributed by atoms with van der Waals surface area (Å²) in [6.07, 6.45) is 0.252. The van der Waals surface area contributed by atoms with Gasteiger partial charge in [0.15, 0.2) is 0 Å². The SMILES string of the molecule is CCC(C)C(O)C(C)Oc1cccc(Cl)c1. The lowest BCUT2D eigenvalue weighted by Crippen LogP contribution is -2.33. The van der Waals surface area contributed by atoms with Crippen molar-refractivity contribution in [1.29, 1.82) is 0 Å². The maximum Gasteiger partial charge on any atom is 0.122 e. The van der Waals surface area contributed by atoms with Gasteiger partial charge in [0.2, 0.25) is 0 Å². The fourth-order valence-electron chi connectivity index (χ4n) is 1.53. The Hall–Kier alpha value is -0.730. The Morgan fingerprint density at radius 1 is 1.38 bits per heavy atom. The fourth-order valence-corrected chi connectivity index (χ4v) is 1.71. The molecule has 1 aromatic carbocycles. The quantitative estimate of drug-likeness (QED) is 0.856. The molecular formula is C13H19ClO2. The van der Waals surface area contributed by atoms with Gasteiger partial charge in [-0.15, -0.1) is 0 Å². The minimum Gasteiger partial charge on any atom is -0.488 e. The lowest BCUT2D eigenvalue weighted by atomic mass is 9.98. The summed E-state index contributed by atoms with van der Waals surface area (Å²) in [5.41, 5.74) is 0. The minimum atomic E-state index is -0.455. The lowest BCUT2D eigenvalue weighted by molar-refractivity contribution is 0.0106. The van der Waals surface area contributed by atoms with Gasteiger partial charge in [0.25, 0.3) is 0 Å². The Bertz CT molecular complexity index is 327. The van der Waals surface area contributed by atoms with E-state index in [1.54, 1.807) is 12.1 Å². The summed E-state index contributed by atoms with van der Waals surface area (Å²) in [6.45, 7) is 5.94. The molecule has 1 aromatic rings. The smallest absolute Gasteiger partial charge is 0.122 e. The van der Waals surface area contributed by atoms with Gasteiger partial charge in [-0.05, 0) is 31.0 Å². The fraction of sp³-hybridized carbons (Fsp3) is 0.538. The highest BCUT2D eigenvalue weighted by atomic mass is 35.5. The topological polar surface area (TPSA) is 29.5 Å². The Balaban J connectivity index is 2.60. The van der Waals surface area contributed by atoms with Gasteiger partial charge in [-0.2, -0.15) is 0 Å². The molecule has 0 fully saturated rings. The number of hydrogen-bond donors (Lipinski definition) is 1. The van der Waals surface area contributed by atoms with Gasteiger partial charge < -0.3 is 9.84 Å². The van der Waals surface area contributed by atoms with Gasteiger partial charge in [-0.25, -0.2) is 0 Å². The van der Waals surface area contributed by atoms with Crippen molar-refractivity contribution < 1.29 is 9.84 Å². The zero-order chi connectivity index (χ0) is 12.1. The van der Waals surface area contributed by atoms with E-state index in [1.165, 1.54) is 0 Å². The van der Waals surface area contributed by atoms with Gasteiger partial charge in [-0.1, -0.05) is 37.9 Å². The molecule has 0 aliphatic heterocycles. The van der Waals surface area contributed by atoms with E-state index in [9.17, 15) is 5.11 Å². The van der Waals surface area contributed by atoms with Gasteiger partial charge in [0.05, 0.1) is 6.10 Å². The first-order valence-corrected chi connectivity index (χ1v) is 6.02. The van der Waals surface area contributed by atoms with Crippen LogP contribution >= 0.6 is 11.6 Å². The van der Waals surface area contributed by atoms with E-state index in [0.717, 1.165) is 6.42 Å². The molecule has 0 aliphatic carbocycles. The molecule has 0 amide bonds. The Morgan fingerprint density at radius 3 is 2.62 bits per heavy atom. The summed E-state index contributed by atoms with van der Waals surface area (Å²) >= 11 is 5.86. The molecule has 0 aromatic heterocycles. The van der Waals surface area contributed by atoms with E-state index in [2.05, 4.69) is 6.92 Å². The zero-order valence-corrected chi connectivity index (χ0v) is 10.7. The second kappa shape index (κ2) is 6.12. The second-order valence-corrected chi connectivity index (χ2v) is 4.59. The molecule has 0 aliphatic rings. The highest BCUT2D eigenvalue weighted by Gasteiger charge is 2.21. The summed E-state index contributed by atoms with van der Waals surface area (Å²) < 4.78 is 5.65. The number of halogens is 1. The molecule has 1 N–H and O–H groups in total. The van der Waals surface area contributed by atoms with Crippen LogP contribution in [0.1, 0.15) is 27.2 Å². The van der Waals surface area contributed by atoms with Gasteiger partial charge in [0.1, 0.15) is 11.9 Å². The molecule has 0 heterocycles. The van der Waals surface area contributed by atoms with Crippen molar-refractivity contribution in [1.82, 2.24) is 0 Å². The van der Waals surface area contributed by atoms with Gasteiger partial charge in [0, 0.05) is 5.02 Å². The van der Waals surface area contributed by atoms with Crippen molar-refractivity contribution in [2.24, 2.45) is 5.92 Å². The summed E-state index contributed by atoms with van der Waals surface area (Å²) in [7, 11) is 0. The number of hydrogen-bond acceptors (Lipinski definition) is 2. The van der Waals surface area contributed by atoms with Crippen molar-refractivity contribution in [2.45, 2.75) is 39.4 Å². The maximum absolute atomic E-state index is 9.96. The lowest BCUT2D eigenvalue weighted by Gasteiger charge is -2.24. The van der Waals surface area contributed by atoms with Crippen molar-refractivity contribution in [3.8, 4) is 5.75 Å². The molecule has 0 bridgehead atoms. The first-order chi connectivity index (χ1) is 7.54. The summed E-state index contributed by atoms with van der Waals surface area (Å²) in [5.74, 6) is 0.927. The highest BCUT2D eigenvalue weighted by molar-refractivity contribution is 6.30. The molecule has 0 radical (unpaired) electrons. The van der Waals surface area contributed by atoms with Crippen LogP contribution in [-0.2, 0) is 0 Å². The molecule has 0 saturated carbocycles. The molecule has 2 nitrogen and oxygen atoms in total. The van der Waals surface area contributed by atoms with Crippen molar-refractivity contribution in [3.05, 3.63) is 29.3 Å². The number of rotatable bonds is 5. The molecular weight excluding hydrogens is 224 g/mol. The minimum absolute atomic E-state index is 0.228. The van der Waals surface area contributed by atoms with Crippen LogP contribution in [0.25, 0.3) is 0 Å². The van der Waals surface area contributed by atoms with Crippen LogP contribution in [0.2, 0.25) is 5.02 Å². The molecule has 3 unspecified atom stereocenters. The monoisotopic (exact) mass is 242 g/mol. The van der Waals surface area contributed by atoms with Gasteiger partial charge >= 0.3 is 0 Å². The molecule has 3 heteroatoms. The number of ether oxygens (including phenoxy) is 1. The van der Waals surface area contributed by atoms with Crippen LogP contribution in [0.5, 0.6) is 5.75 Å². The van der Waals surface area contributed by atoms with Crippen LogP contribution < -0.4 is 4.74 Å². The van der Waals surface area contributed by atoms with Crippen LogP contribution in [0.3, 0.4) is 0 Å². The molecule has 0 spiro atoms. The molecule has 16 heavy (non-hydrogen) atoms. The van der Waals surface area contributed by atoms with Crippen LogP contribution in [0, 0.1) is 5.92 Å². The summed E-state index contributed by atoms with van der Waals surface area (Å²) in [5, 5.41) is 10.6. The average Bonchev–Trinajstić information content (AvgIpc) is 2.27. The zero-order valence-electron chi connectivity index (χ0n) is 9.98. The first kappa shape index (κ1) is 13.3. The molecule has 0 saturated heterocycles. The number of aliphatic hydroxyl groups is 1. The number of benzene rings is 1. The number of aliphatic hydroxyl groups excluding tert-OH is 1. The maximum atomic E-state index is 9.96. The van der Waals surface area contributed by atoms with Gasteiger partial charge in [-0.3, -0.25) is 0 Å².